The number of aryl methyl sites for hydroxylation is 1. The molecule has 0 saturated carbocycles. The quantitative estimate of drug-likeness (QED) is 0.680. The van der Waals surface area contributed by atoms with Crippen LogP contribution in [0.2, 0.25) is 0 Å². The SMILES string of the molecule is COCCCNc1nc(Nc2cccc(O)c2)cc(C)c1C#N. The third-order valence-corrected chi connectivity index (χ3v) is 3.26. The highest BCUT2D eigenvalue weighted by molar-refractivity contribution is 5.65. The number of nitriles is 1. The number of phenols is 1. The number of nitrogens with one attached hydrogen (secondary N) is 2. The van der Waals surface area contributed by atoms with Crippen molar-refractivity contribution in [2.75, 3.05) is 30.9 Å². The van der Waals surface area contributed by atoms with Gasteiger partial charge in [-0.25, -0.2) is 4.98 Å². The van der Waals surface area contributed by atoms with E-state index in [9.17, 15) is 10.4 Å². The zero-order chi connectivity index (χ0) is 16.7. The first-order valence-electron chi connectivity index (χ1n) is 7.34. The van der Waals surface area contributed by atoms with Gasteiger partial charge in [0.05, 0.1) is 5.56 Å². The number of aromatic nitrogens is 1. The monoisotopic (exact) mass is 312 g/mol. The lowest BCUT2D eigenvalue weighted by atomic mass is 10.1. The van der Waals surface area contributed by atoms with E-state index in [1.165, 1.54) is 0 Å². The van der Waals surface area contributed by atoms with E-state index in [-0.39, 0.29) is 5.75 Å². The fourth-order valence-corrected chi connectivity index (χ4v) is 2.16. The number of ether oxygens (including phenoxy) is 1. The van der Waals surface area contributed by atoms with E-state index in [1.807, 2.05) is 19.1 Å². The molecular formula is C17H20N4O2. The Kier molecular flexibility index (Phi) is 5.78. The highest BCUT2D eigenvalue weighted by atomic mass is 16.5. The van der Waals surface area contributed by atoms with Gasteiger partial charge in [-0.2, -0.15) is 5.26 Å². The van der Waals surface area contributed by atoms with E-state index in [2.05, 4.69) is 21.7 Å². The van der Waals surface area contributed by atoms with Crippen LogP contribution in [-0.2, 0) is 4.74 Å². The Morgan fingerprint density at radius 2 is 2.17 bits per heavy atom. The molecule has 120 valence electrons. The molecule has 0 unspecified atom stereocenters. The number of methoxy groups -OCH3 is 1. The van der Waals surface area contributed by atoms with Crippen LogP contribution in [0.15, 0.2) is 30.3 Å². The standard InChI is InChI=1S/C17H20N4O2/c1-12-9-16(20-13-5-3-6-14(22)10-13)21-17(15(12)11-18)19-7-4-8-23-2/h3,5-6,9-10,22H,4,7-8H2,1-2H3,(H2,19,20,21). The third-order valence-electron chi connectivity index (χ3n) is 3.26. The lowest BCUT2D eigenvalue weighted by Crippen LogP contribution is -2.09. The number of benzene rings is 1. The second-order valence-corrected chi connectivity index (χ2v) is 5.11. The Hall–Kier alpha value is -2.78. The Morgan fingerprint density at radius 3 is 2.87 bits per heavy atom. The van der Waals surface area contributed by atoms with Gasteiger partial charge in [0.25, 0.3) is 0 Å². The molecule has 1 aromatic heterocycles. The summed E-state index contributed by atoms with van der Waals surface area (Å²) in [6.07, 6.45) is 0.826. The van der Waals surface area contributed by atoms with Crippen LogP contribution >= 0.6 is 0 Å². The first kappa shape index (κ1) is 16.6. The van der Waals surface area contributed by atoms with E-state index in [4.69, 9.17) is 4.74 Å². The number of anilines is 3. The molecule has 0 aliphatic rings. The fourth-order valence-electron chi connectivity index (χ4n) is 2.16. The minimum atomic E-state index is 0.179. The molecule has 2 rings (SSSR count). The van der Waals surface area contributed by atoms with Crippen LogP contribution in [0, 0.1) is 18.3 Å². The van der Waals surface area contributed by atoms with Gasteiger partial charge in [0.1, 0.15) is 23.5 Å². The van der Waals surface area contributed by atoms with Crippen molar-refractivity contribution in [3.8, 4) is 11.8 Å². The molecule has 23 heavy (non-hydrogen) atoms. The maximum atomic E-state index is 9.52. The molecule has 1 aromatic carbocycles. The van der Waals surface area contributed by atoms with Gasteiger partial charge in [-0.05, 0) is 37.1 Å². The van der Waals surface area contributed by atoms with E-state index in [0.717, 1.165) is 17.7 Å². The zero-order valence-electron chi connectivity index (χ0n) is 13.3. The lowest BCUT2D eigenvalue weighted by molar-refractivity contribution is 0.198. The van der Waals surface area contributed by atoms with Gasteiger partial charge in [0.2, 0.25) is 0 Å². The summed E-state index contributed by atoms with van der Waals surface area (Å²) in [4.78, 5) is 4.46. The molecule has 2 aromatic rings. The zero-order valence-corrected chi connectivity index (χ0v) is 13.3. The highest BCUT2D eigenvalue weighted by Gasteiger charge is 2.10. The summed E-state index contributed by atoms with van der Waals surface area (Å²) in [5.74, 6) is 1.34. The van der Waals surface area contributed by atoms with Gasteiger partial charge >= 0.3 is 0 Å². The van der Waals surface area contributed by atoms with Crippen molar-refractivity contribution in [1.29, 1.82) is 5.26 Å². The smallest absolute Gasteiger partial charge is 0.146 e. The van der Waals surface area contributed by atoms with E-state index in [1.54, 1.807) is 25.3 Å². The average Bonchev–Trinajstić information content (AvgIpc) is 2.51. The van der Waals surface area contributed by atoms with Crippen LogP contribution in [0.4, 0.5) is 17.3 Å². The first-order valence-corrected chi connectivity index (χ1v) is 7.34. The highest BCUT2D eigenvalue weighted by Crippen LogP contribution is 2.24. The predicted octanol–water partition coefficient (Wildman–Crippen LogP) is 3.16. The molecule has 0 spiro atoms. The number of rotatable bonds is 7. The molecular weight excluding hydrogens is 292 g/mol. The lowest BCUT2D eigenvalue weighted by Gasteiger charge is -2.13. The summed E-state index contributed by atoms with van der Waals surface area (Å²) in [6.45, 7) is 3.19. The Bertz CT molecular complexity index is 710. The second kappa shape index (κ2) is 8.01. The minimum Gasteiger partial charge on any atom is -0.508 e. The van der Waals surface area contributed by atoms with Crippen LogP contribution in [-0.4, -0.2) is 30.4 Å². The maximum Gasteiger partial charge on any atom is 0.146 e. The topological polar surface area (TPSA) is 90.2 Å². The average molecular weight is 312 g/mol. The van der Waals surface area contributed by atoms with Crippen LogP contribution in [0.25, 0.3) is 0 Å². The van der Waals surface area contributed by atoms with Gasteiger partial charge in [-0.1, -0.05) is 6.07 Å². The van der Waals surface area contributed by atoms with Crippen LogP contribution < -0.4 is 10.6 Å². The second-order valence-electron chi connectivity index (χ2n) is 5.11. The van der Waals surface area contributed by atoms with Crippen molar-refractivity contribution in [2.45, 2.75) is 13.3 Å². The number of phenolic OH excluding ortho intramolecular Hbond substituents is 1. The van der Waals surface area contributed by atoms with Crippen molar-refractivity contribution in [3.05, 3.63) is 41.5 Å². The third kappa shape index (κ3) is 4.59. The summed E-state index contributed by atoms with van der Waals surface area (Å²) in [5.41, 5.74) is 2.09. The van der Waals surface area contributed by atoms with Crippen molar-refractivity contribution in [2.24, 2.45) is 0 Å². The molecule has 3 N–H and O–H groups in total. The van der Waals surface area contributed by atoms with Crippen molar-refractivity contribution in [1.82, 2.24) is 4.98 Å². The maximum absolute atomic E-state index is 9.52. The molecule has 6 heteroatoms. The summed E-state index contributed by atoms with van der Waals surface area (Å²) >= 11 is 0. The molecule has 0 radical (unpaired) electrons. The van der Waals surface area contributed by atoms with Crippen LogP contribution in [0.5, 0.6) is 5.75 Å². The van der Waals surface area contributed by atoms with E-state index < -0.39 is 0 Å². The molecule has 6 nitrogen and oxygen atoms in total. The molecule has 0 amide bonds. The van der Waals surface area contributed by atoms with Gasteiger partial charge in [-0.15, -0.1) is 0 Å². The minimum absolute atomic E-state index is 0.179. The Labute approximate surface area is 135 Å². The molecule has 0 aliphatic carbocycles. The molecule has 0 aliphatic heterocycles. The van der Waals surface area contributed by atoms with Gasteiger partial charge < -0.3 is 20.5 Å². The first-order chi connectivity index (χ1) is 11.1. The summed E-state index contributed by atoms with van der Waals surface area (Å²) in [7, 11) is 1.66. The predicted molar refractivity (Wildman–Crippen MR) is 90.1 cm³/mol. The van der Waals surface area contributed by atoms with Crippen molar-refractivity contribution >= 4 is 17.3 Å². The van der Waals surface area contributed by atoms with Crippen molar-refractivity contribution in [3.63, 3.8) is 0 Å². The molecule has 0 bridgehead atoms. The summed E-state index contributed by atoms with van der Waals surface area (Å²) < 4.78 is 5.01. The Morgan fingerprint density at radius 1 is 1.35 bits per heavy atom. The largest absolute Gasteiger partial charge is 0.508 e. The fraction of sp³-hybridized carbons (Fsp3) is 0.294. The van der Waals surface area contributed by atoms with E-state index >= 15 is 0 Å². The molecule has 0 fully saturated rings. The number of aromatic hydroxyl groups is 1. The van der Waals surface area contributed by atoms with Gasteiger partial charge in [0, 0.05) is 32.0 Å². The van der Waals surface area contributed by atoms with E-state index in [0.29, 0.717) is 30.4 Å². The van der Waals surface area contributed by atoms with Gasteiger partial charge in [0.15, 0.2) is 0 Å². The van der Waals surface area contributed by atoms with Crippen LogP contribution in [0.1, 0.15) is 17.5 Å². The molecule has 1 heterocycles. The van der Waals surface area contributed by atoms with Crippen LogP contribution in [0.3, 0.4) is 0 Å². The molecule has 0 atom stereocenters. The normalized spacial score (nSPS) is 10.1. The summed E-state index contributed by atoms with van der Waals surface area (Å²) in [5, 5.41) is 25.1. The number of hydrogen-bond acceptors (Lipinski definition) is 6. The van der Waals surface area contributed by atoms with Crippen molar-refractivity contribution < 1.29 is 9.84 Å². The van der Waals surface area contributed by atoms with Gasteiger partial charge in [-0.3, -0.25) is 0 Å². The summed E-state index contributed by atoms with van der Waals surface area (Å²) in [6, 6.07) is 10.8. The number of pyridine rings is 1. The number of hydrogen-bond donors (Lipinski definition) is 3. The molecule has 0 saturated heterocycles. The number of nitrogens with zero attached hydrogens (tertiary/aromatic N) is 2. The Balaban J connectivity index is 2.20.